The van der Waals surface area contributed by atoms with E-state index in [4.69, 9.17) is 25.9 Å². The van der Waals surface area contributed by atoms with E-state index >= 15 is 0 Å². The van der Waals surface area contributed by atoms with Gasteiger partial charge in [0.25, 0.3) is 5.91 Å². The number of carboxylic acid groups (broad SMARTS) is 1. The van der Waals surface area contributed by atoms with Crippen molar-refractivity contribution < 1.29 is 23.8 Å². The van der Waals surface area contributed by atoms with Crippen LogP contribution in [-0.2, 0) is 6.42 Å². The van der Waals surface area contributed by atoms with Gasteiger partial charge in [-0.3, -0.25) is 4.79 Å². The van der Waals surface area contributed by atoms with E-state index in [1.165, 1.54) is 7.11 Å². The van der Waals surface area contributed by atoms with Gasteiger partial charge in [-0.1, -0.05) is 18.5 Å². The van der Waals surface area contributed by atoms with Crippen LogP contribution in [0, 0.1) is 0 Å². The van der Waals surface area contributed by atoms with Crippen molar-refractivity contribution in [1.82, 2.24) is 15.0 Å². The number of ether oxygens (including phenoxy) is 1. The maximum atomic E-state index is 12.4. The number of aromatic amines is 1. The zero-order chi connectivity index (χ0) is 19.6. The van der Waals surface area contributed by atoms with Crippen molar-refractivity contribution in [2.75, 3.05) is 12.4 Å². The largest absolute Gasteiger partial charge is 0.495 e. The number of halogens is 1. The molecule has 0 unspecified atom stereocenters. The van der Waals surface area contributed by atoms with Gasteiger partial charge in [0.1, 0.15) is 12.0 Å². The smallest absolute Gasteiger partial charge is 0.357 e. The Bertz CT molecular complexity index is 1010. The minimum absolute atomic E-state index is 0.0850. The first-order valence-corrected chi connectivity index (χ1v) is 8.23. The number of hydrogen-bond donors (Lipinski definition) is 3. The SMILES string of the molecule is CCc1[nH]c(C(=O)Nc2ccc(-c3nc(C(=O)O)co3)cc2OC)nc1Cl. The van der Waals surface area contributed by atoms with Gasteiger partial charge in [0.15, 0.2) is 16.7 Å². The third-order valence-corrected chi connectivity index (χ3v) is 4.03. The topological polar surface area (TPSA) is 130 Å². The second-order valence-electron chi connectivity index (χ2n) is 5.42. The quantitative estimate of drug-likeness (QED) is 0.588. The summed E-state index contributed by atoms with van der Waals surface area (Å²) in [4.78, 5) is 34.0. The molecule has 0 saturated carbocycles. The fourth-order valence-corrected chi connectivity index (χ4v) is 2.61. The van der Waals surface area contributed by atoms with Gasteiger partial charge in [-0.2, -0.15) is 0 Å². The molecule has 10 heteroatoms. The molecule has 3 N–H and O–H groups in total. The van der Waals surface area contributed by atoms with Gasteiger partial charge in [0, 0.05) is 5.56 Å². The zero-order valence-corrected chi connectivity index (χ0v) is 15.1. The van der Waals surface area contributed by atoms with E-state index in [1.54, 1.807) is 18.2 Å². The van der Waals surface area contributed by atoms with Crippen LogP contribution in [0.2, 0.25) is 5.15 Å². The summed E-state index contributed by atoms with van der Waals surface area (Å²) in [7, 11) is 1.44. The molecule has 3 rings (SSSR count). The van der Waals surface area contributed by atoms with Gasteiger partial charge in [-0.15, -0.1) is 0 Å². The highest BCUT2D eigenvalue weighted by Crippen LogP contribution is 2.31. The number of H-pyrrole nitrogens is 1. The van der Waals surface area contributed by atoms with Crippen molar-refractivity contribution in [2.24, 2.45) is 0 Å². The molecule has 0 fully saturated rings. The van der Waals surface area contributed by atoms with Gasteiger partial charge in [0.05, 0.1) is 18.5 Å². The third-order valence-electron chi connectivity index (χ3n) is 3.72. The molecule has 2 heterocycles. The lowest BCUT2D eigenvalue weighted by Crippen LogP contribution is -2.14. The predicted octanol–water partition coefficient (Wildman–Crippen LogP) is 3.24. The number of anilines is 1. The minimum atomic E-state index is -1.19. The number of hydrogen-bond acceptors (Lipinski definition) is 6. The summed E-state index contributed by atoms with van der Waals surface area (Å²) in [6.07, 6.45) is 1.66. The first-order valence-electron chi connectivity index (χ1n) is 7.85. The Hall–Kier alpha value is -3.33. The lowest BCUT2D eigenvalue weighted by atomic mass is 10.2. The van der Waals surface area contributed by atoms with Gasteiger partial charge in [0.2, 0.25) is 5.89 Å². The molecule has 0 bridgehead atoms. The van der Waals surface area contributed by atoms with Crippen LogP contribution in [0.25, 0.3) is 11.5 Å². The second kappa shape index (κ2) is 7.50. The zero-order valence-electron chi connectivity index (χ0n) is 14.4. The number of rotatable bonds is 6. The lowest BCUT2D eigenvalue weighted by molar-refractivity contribution is 0.0690. The van der Waals surface area contributed by atoms with Gasteiger partial charge >= 0.3 is 5.97 Å². The number of methoxy groups -OCH3 is 1. The molecule has 1 aromatic carbocycles. The van der Waals surface area contributed by atoms with Gasteiger partial charge in [-0.05, 0) is 24.6 Å². The van der Waals surface area contributed by atoms with Gasteiger partial charge in [-0.25, -0.2) is 14.8 Å². The maximum Gasteiger partial charge on any atom is 0.357 e. The Balaban J connectivity index is 1.85. The maximum absolute atomic E-state index is 12.4. The summed E-state index contributed by atoms with van der Waals surface area (Å²) in [6.45, 7) is 1.89. The first-order chi connectivity index (χ1) is 12.9. The molecule has 0 aliphatic rings. The highest BCUT2D eigenvalue weighted by molar-refractivity contribution is 6.30. The molecule has 9 nitrogen and oxygen atoms in total. The van der Waals surface area contributed by atoms with E-state index in [9.17, 15) is 9.59 Å². The number of carboxylic acids is 1. The van der Waals surface area contributed by atoms with Crippen molar-refractivity contribution in [3.8, 4) is 17.2 Å². The summed E-state index contributed by atoms with van der Waals surface area (Å²) in [5, 5.41) is 11.9. The molecule has 3 aromatic rings. The molecule has 0 aliphatic heterocycles. The standard InChI is InChI=1S/C17H15ClN4O5/c1-3-9-13(18)22-14(19-9)15(23)20-10-5-4-8(6-12(10)26-2)16-21-11(7-27-16)17(24)25/h4-7H,3H2,1-2H3,(H,19,22)(H,20,23)(H,24,25). The average Bonchev–Trinajstić information content (AvgIpc) is 3.29. The number of carbonyl (C=O) groups excluding carboxylic acids is 1. The molecule has 0 saturated heterocycles. The van der Waals surface area contributed by atoms with E-state index in [1.807, 2.05) is 6.92 Å². The molecular formula is C17H15ClN4O5. The number of imidazole rings is 1. The highest BCUT2D eigenvalue weighted by atomic mass is 35.5. The number of oxazole rings is 1. The van der Waals surface area contributed by atoms with Crippen LogP contribution in [0.5, 0.6) is 5.75 Å². The Morgan fingerprint density at radius 3 is 2.74 bits per heavy atom. The number of aromatic carboxylic acids is 1. The molecule has 0 spiro atoms. The minimum Gasteiger partial charge on any atom is -0.495 e. The molecule has 0 atom stereocenters. The van der Waals surface area contributed by atoms with E-state index < -0.39 is 11.9 Å². The molecule has 2 aromatic heterocycles. The number of benzene rings is 1. The fraction of sp³-hybridized carbons (Fsp3) is 0.176. The van der Waals surface area contributed by atoms with Crippen molar-refractivity contribution in [3.63, 3.8) is 0 Å². The van der Waals surface area contributed by atoms with E-state index in [0.717, 1.165) is 6.26 Å². The first kappa shape index (κ1) is 18.5. The molecule has 140 valence electrons. The van der Waals surface area contributed by atoms with Crippen molar-refractivity contribution in [2.45, 2.75) is 13.3 Å². The van der Waals surface area contributed by atoms with E-state index in [-0.39, 0.29) is 22.6 Å². The number of aryl methyl sites for hydroxylation is 1. The molecule has 27 heavy (non-hydrogen) atoms. The Labute approximate surface area is 158 Å². The summed E-state index contributed by atoms with van der Waals surface area (Å²) < 4.78 is 10.5. The van der Waals surface area contributed by atoms with Crippen LogP contribution in [0.3, 0.4) is 0 Å². The van der Waals surface area contributed by atoms with Crippen LogP contribution in [0.4, 0.5) is 5.69 Å². The number of nitrogens with one attached hydrogen (secondary N) is 2. The molecule has 0 aliphatic carbocycles. The number of amides is 1. The Kier molecular flexibility index (Phi) is 5.13. The summed E-state index contributed by atoms with van der Waals surface area (Å²) in [6, 6.07) is 4.77. The second-order valence-corrected chi connectivity index (χ2v) is 5.78. The number of carbonyl (C=O) groups is 2. The van der Waals surface area contributed by atoms with Crippen molar-refractivity contribution in [3.05, 3.63) is 46.8 Å². The third kappa shape index (κ3) is 3.77. The van der Waals surface area contributed by atoms with Crippen LogP contribution in [0.15, 0.2) is 28.9 Å². The highest BCUT2D eigenvalue weighted by Gasteiger charge is 2.18. The summed E-state index contributed by atoms with van der Waals surface area (Å²) >= 11 is 5.96. The number of nitrogens with zero attached hydrogens (tertiary/aromatic N) is 2. The van der Waals surface area contributed by atoms with Crippen LogP contribution in [-0.4, -0.2) is 39.0 Å². The normalized spacial score (nSPS) is 10.6. The summed E-state index contributed by atoms with van der Waals surface area (Å²) in [5.74, 6) is -1.13. The van der Waals surface area contributed by atoms with Crippen LogP contribution >= 0.6 is 11.6 Å². The average molecular weight is 391 g/mol. The molecule has 1 amide bonds. The lowest BCUT2D eigenvalue weighted by Gasteiger charge is -2.10. The van der Waals surface area contributed by atoms with Crippen LogP contribution < -0.4 is 10.1 Å². The predicted molar refractivity (Wildman–Crippen MR) is 96.4 cm³/mol. The molecule has 0 radical (unpaired) electrons. The van der Waals surface area contributed by atoms with Gasteiger partial charge < -0.3 is 24.6 Å². The Morgan fingerprint density at radius 1 is 1.37 bits per heavy atom. The summed E-state index contributed by atoms with van der Waals surface area (Å²) in [5.41, 5.74) is 1.35. The van der Waals surface area contributed by atoms with Crippen molar-refractivity contribution >= 4 is 29.2 Å². The van der Waals surface area contributed by atoms with Crippen LogP contribution in [0.1, 0.15) is 33.7 Å². The fourth-order valence-electron chi connectivity index (χ4n) is 2.34. The van der Waals surface area contributed by atoms with E-state index in [2.05, 4.69) is 20.3 Å². The monoisotopic (exact) mass is 390 g/mol. The van der Waals surface area contributed by atoms with E-state index in [0.29, 0.717) is 29.1 Å². The Morgan fingerprint density at radius 2 is 2.15 bits per heavy atom. The molecular weight excluding hydrogens is 376 g/mol. The number of aromatic nitrogens is 3. The van der Waals surface area contributed by atoms with Crippen molar-refractivity contribution in [1.29, 1.82) is 0 Å².